The van der Waals surface area contributed by atoms with E-state index in [1.807, 2.05) is 4.90 Å². The quantitative estimate of drug-likeness (QED) is 0.623. The summed E-state index contributed by atoms with van der Waals surface area (Å²) in [6.07, 6.45) is 3.34. The van der Waals surface area contributed by atoms with Crippen LogP contribution in [0.2, 0.25) is 0 Å². The molecule has 0 radical (unpaired) electrons. The number of sulfonamides is 1. The summed E-state index contributed by atoms with van der Waals surface area (Å²) in [5, 5.41) is 0. The number of nitrogens with zero attached hydrogens (tertiary/aromatic N) is 3. The van der Waals surface area contributed by atoms with Gasteiger partial charge in [0.05, 0.1) is 17.1 Å². The zero-order valence-corrected chi connectivity index (χ0v) is 20.8. The number of amides is 1. The van der Waals surface area contributed by atoms with Crippen LogP contribution in [0.4, 0.5) is 8.78 Å². The van der Waals surface area contributed by atoms with Gasteiger partial charge in [-0.3, -0.25) is 9.69 Å². The largest absolute Gasteiger partial charge is 0.373 e. The van der Waals surface area contributed by atoms with Crippen LogP contribution < -0.4 is 0 Å². The molecule has 0 bridgehead atoms. The molecule has 0 aliphatic carbocycles. The fraction of sp³-hybridized carbons (Fsp3) is 0.708. The van der Waals surface area contributed by atoms with Crippen molar-refractivity contribution in [1.82, 2.24) is 14.1 Å². The molecule has 0 saturated carbocycles. The van der Waals surface area contributed by atoms with Crippen LogP contribution in [-0.2, 0) is 19.6 Å². The standard InChI is InChI=1S/C24H35F2N3O4S/c1-17-14-27(15-18(2)33-17)16-19-5-9-28(10-6-19)24(30)20-7-11-29(12-8-20)34(31,32)21-3-4-22(25)23(26)13-21/h3-4,13,17-20H,5-12,14-16H2,1-2H3. The second-order valence-electron chi connectivity index (χ2n) is 10.00. The van der Waals surface area contributed by atoms with Gasteiger partial charge in [0.1, 0.15) is 0 Å². The molecular weight excluding hydrogens is 464 g/mol. The Morgan fingerprint density at radius 2 is 1.59 bits per heavy atom. The number of hydrogen-bond acceptors (Lipinski definition) is 5. The number of piperidine rings is 2. The van der Waals surface area contributed by atoms with Gasteiger partial charge >= 0.3 is 0 Å². The Kier molecular flexibility index (Phi) is 7.91. The van der Waals surface area contributed by atoms with Crippen LogP contribution in [0.5, 0.6) is 0 Å². The molecule has 1 amide bonds. The molecule has 3 heterocycles. The van der Waals surface area contributed by atoms with E-state index in [0.29, 0.717) is 24.8 Å². The third-order valence-electron chi connectivity index (χ3n) is 7.27. The zero-order valence-electron chi connectivity index (χ0n) is 20.0. The molecule has 7 nitrogen and oxygen atoms in total. The highest BCUT2D eigenvalue weighted by atomic mass is 32.2. The molecule has 4 rings (SSSR count). The van der Waals surface area contributed by atoms with Crippen molar-refractivity contribution in [3.05, 3.63) is 29.8 Å². The number of hydrogen-bond donors (Lipinski definition) is 0. The number of halogens is 2. The minimum atomic E-state index is -3.92. The van der Waals surface area contributed by atoms with Crippen molar-refractivity contribution >= 4 is 15.9 Å². The number of carbonyl (C=O) groups excluding carboxylic acids is 1. The van der Waals surface area contributed by atoms with E-state index < -0.39 is 21.7 Å². The first kappa shape index (κ1) is 25.5. The van der Waals surface area contributed by atoms with Crippen molar-refractivity contribution < 1.29 is 26.7 Å². The average Bonchev–Trinajstić information content (AvgIpc) is 2.80. The lowest BCUT2D eigenvalue weighted by Gasteiger charge is -2.40. The summed E-state index contributed by atoms with van der Waals surface area (Å²) in [5.41, 5.74) is 0. The minimum Gasteiger partial charge on any atom is -0.373 e. The fourth-order valence-electron chi connectivity index (χ4n) is 5.52. The van der Waals surface area contributed by atoms with Crippen LogP contribution in [0.1, 0.15) is 39.5 Å². The first-order chi connectivity index (χ1) is 16.1. The van der Waals surface area contributed by atoms with Gasteiger partial charge in [-0.15, -0.1) is 0 Å². The topological polar surface area (TPSA) is 70.2 Å². The number of likely N-dealkylation sites (tertiary alicyclic amines) is 1. The molecule has 3 aliphatic heterocycles. The van der Waals surface area contributed by atoms with Crippen LogP contribution in [0, 0.1) is 23.5 Å². The second-order valence-corrected chi connectivity index (χ2v) is 11.9. The van der Waals surface area contributed by atoms with Gasteiger partial charge < -0.3 is 9.64 Å². The molecule has 2 atom stereocenters. The van der Waals surface area contributed by atoms with E-state index in [2.05, 4.69) is 18.7 Å². The van der Waals surface area contributed by atoms with E-state index in [4.69, 9.17) is 4.74 Å². The van der Waals surface area contributed by atoms with E-state index in [1.54, 1.807) is 0 Å². The number of morpholine rings is 1. The summed E-state index contributed by atoms with van der Waals surface area (Å²) in [7, 11) is -3.92. The normalized spacial score (nSPS) is 26.6. The Bertz CT molecular complexity index is 966. The van der Waals surface area contributed by atoms with Crippen LogP contribution in [0.25, 0.3) is 0 Å². The van der Waals surface area contributed by atoms with E-state index in [-0.39, 0.29) is 42.0 Å². The molecule has 3 saturated heterocycles. The maximum Gasteiger partial charge on any atom is 0.243 e. The highest BCUT2D eigenvalue weighted by Crippen LogP contribution is 2.28. The van der Waals surface area contributed by atoms with Crippen LogP contribution in [0.3, 0.4) is 0 Å². The zero-order chi connectivity index (χ0) is 24.5. The van der Waals surface area contributed by atoms with Crippen molar-refractivity contribution in [2.45, 2.75) is 56.6 Å². The Hall–Kier alpha value is -1.62. The maximum absolute atomic E-state index is 13.5. The molecular formula is C24H35F2N3O4S. The highest BCUT2D eigenvalue weighted by Gasteiger charge is 2.35. The summed E-state index contributed by atoms with van der Waals surface area (Å²) in [4.78, 5) is 17.2. The van der Waals surface area contributed by atoms with Crippen molar-refractivity contribution in [3.63, 3.8) is 0 Å². The van der Waals surface area contributed by atoms with E-state index in [0.717, 1.165) is 57.7 Å². The van der Waals surface area contributed by atoms with Crippen molar-refractivity contribution in [2.75, 3.05) is 45.8 Å². The maximum atomic E-state index is 13.5. The van der Waals surface area contributed by atoms with E-state index in [1.165, 1.54) is 4.31 Å². The van der Waals surface area contributed by atoms with Gasteiger partial charge in [0.25, 0.3) is 0 Å². The van der Waals surface area contributed by atoms with Gasteiger partial charge in [-0.25, -0.2) is 17.2 Å². The number of benzene rings is 1. The van der Waals surface area contributed by atoms with Crippen molar-refractivity contribution in [3.8, 4) is 0 Å². The average molecular weight is 500 g/mol. The highest BCUT2D eigenvalue weighted by molar-refractivity contribution is 7.89. The Balaban J connectivity index is 1.25. The van der Waals surface area contributed by atoms with Gasteiger partial charge in [-0.05, 0) is 63.6 Å². The first-order valence-electron chi connectivity index (χ1n) is 12.2. The van der Waals surface area contributed by atoms with Gasteiger partial charge in [0, 0.05) is 51.7 Å². The second kappa shape index (κ2) is 10.6. The Morgan fingerprint density at radius 3 is 2.18 bits per heavy atom. The van der Waals surface area contributed by atoms with Gasteiger partial charge in [0.15, 0.2) is 11.6 Å². The third-order valence-corrected chi connectivity index (χ3v) is 9.16. The molecule has 10 heteroatoms. The SMILES string of the molecule is CC1CN(CC2CCN(C(=O)C3CCN(S(=O)(=O)c4ccc(F)c(F)c4)CC3)CC2)CC(C)O1. The van der Waals surface area contributed by atoms with Crippen LogP contribution >= 0.6 is 0 Å². The lowest BCUT2D eigenvalue weighted by Crippen LogP contribution is -2.50. The molecule has 0 aromatic heterocycles. The molecule has 0 N–H and O–H groups in total. The molecule has 3 fully saturated rings. The number of ether oxygens (including phenoxy) is 1. The van der Waals surface area contributed by atoms with Gasteiger partial charge in [-0.1, -0.05) is 0 Å². The molecule has 2 unspecified atom stereocenters. The monoisotopic (exact) mass is 499 g/mol. The van der Waals surface area contributed by atoms with Crippen molar-refractivity contribution in [1.29, 1.82) is 0 Å². The Morgan fingerprint density at radius 1 is 0.971 bits per heavy atom. The summed E-state index contributed by atoms with van der Waals surface area (Å²) in [6.45, 7) is 9.05. The lowest BCUT2D eigenvalue weighted by atomic mass is 9.92. The van der Waals surface area contributed by atoms with E-state index >= 15 is 0 Å². The minimum absolute atomic E-state index is 0.108. The smallest absolute Gasteiger partial charge is 0.243 e. The molecule has 190 valence electrons. The predicted molar refractivity (Wildman–Crippen MR) is 124 cm³/mol. The van der Waals surface area contributed by atoms with Crippen LogP contribution in [0.15, 0.2) is 23.1 Å². The fourth-order valence-corrected chi connectivity index (χ4v) is 7.00. The summed E-state index contributed by atoms with van der Waals surface area (Å²) >= 11 is 0. The first-order valence-corrected chi connectivity index (χ1v) is 13.7. The van der Waals surface area contributed by atoms with E-state index in [9.17, 15) is 22.0 Å². The summed E-state index contributed by atoms with van der Waals surface area (Å²) in [5.74, 6) is -1.79. The van der Waals surface area contributed by atoms with Gasteiger partial charge in [0.2, 0.25) is 15.9 Å². The summed E-state index contributed by atoms with van der Waals surface area (Å²) in [6, 6.07) is 2.61. The van der Waals surface area contributed by atoms with Crippen LogP contribution in [-0.4, -0.2) is 86.5 Å². The Labute approximate surface area is 201 Å². The van der Waals surface area contributed by atoms with Gasteiger partial charge in [-0.2, -0.15) is 4.31 Å². The molecule has 1 aromatic rings. The molecule has 1 aromatic carbocycles. The third kappa shape index (κ3) is 5.78. The molecule has 34 heavy (non-hydrogen) atoms. The molecule has 3 aliphatic rings. The predicted octanol–water partition coefficient (Wildman–Crippen LogP) is 2.71. The number of rotatable bonds is 5. The lowest BCUT2D eigenvalue weighted by molar-refractivity contribution is -0.138. The molecule has 0 spiro atoms. The van der Waals surface area contributed by atoms with Crippen molar-refractivity contribution in [2.24, 2.45) is 11.8 Å². The summed E-state index contributed by atoms with van der Waals surface area (Å²) < 4.78 is 59.4. The number of carbonyl (C=O) groups is 1.